The molecule has 102 valence electrons. The van der Waals surface area contributed by atoms with Gasteiger partial charge in [0.05, 0.1) is 18.4 Å². The number of hydrogen-bond donors (Lipinski definition) is 2. The molecule has 1 aliphatic rings. The van der Waals surface area contributed by atoms with E-state index in [2.05, 4.69) is 5.32 Å². The van der Waals surface area contributed by atoms with Crippen LogP contribution in [0.25, 0.3) is 0 Å². The summed E-state index contributed by atoms with van der Waals surface area (Å²) >= 11 is 0. The number of carbonyl (C=O) groups excluding carboxylic acids is 1. The number of benzene rings is 1. The number of amides is 1. The molecule has 1 aromatic carbocycles. The number of carboxylic acid groups (broad SMARTS) is 1. The fraction of sp³-hybridized carbons (Fsp3) is 0.429. The van der Waals surface area contributed by atoms with Crippen LogP contribution in [0.3, 0.4) is 0 Å². The summed E-state index contributed by atoms with van der Waals surface area (Å²) in [5.74, 6) is -2.06. The van der Waals surface area contributed by atoms with E-state index in [0.29, 0.717) is 25.3 Å². The minimum Gasteiger partial charge on any atom is -0.481 e. The molecule has 1 aliphatic carbocycles. The molecule has 2 atom stereocenters. The Morgan fingerprint density at radius 1 is 1.37 bits per heavy atom. The number of nitrogens with one attached hydrogen (secondary N) is 1. The van der Waals surface area contributed by atoms with Gasteiger partial charge in [-0.05, 0) is 19.4 Å². The maximum atomic E-state index is 11.9. The largest absolute Gasteiger partial charge is 0.481 e. The summed E-state index contributed by atoms with van der Waals surface area (Å²) < 4.78 is 5.33. The van der Waals surface area contributed by atoms with Crippen LogP contribution in [-0.4, -0.2) is 23.6 Å². The molecule has 1 saturated carbocycles. The monoisotopic (exact) mass is 263 g/mol. The van der Waals surface area contributed by atoms with E-state index in [1.807, 2.05) is 25.1 Å². The number of hydrogen-bond acceptors (Lipinski definition) is 3. The van der Waals surface area contributed by atoms with Gasteiger partial charge >= 0.3 is 5.97 Å². The van der Waals surface area contributed by atoms with Crippen molar-refractivity contribution < 1.29 is 19.4 Å². The number of para-hydroxylation sites is 1. The molecule has 0 aromatic heterocycles. The molecule has 1 fully saturated rings. The van der Waals surface area contributed by atoms with E-state index in [-0.39, 0.29) is 5.91 Å². The summed E-state index contributed by atoms with van der Waals surface area (Å²) in [6, 6.07) is 7.38. The van der Waals surface area contributed by atoms with Gasteiger partial charge in [-0.2, -0.15) is 0 Å². The summed E-state index contributed by atoms with van der Waals surface area (Å²) in [4.78, 5) is 22.6. The lowest BCUT2D eigenvalue weighted by molar-refractivity contribution is -0.139. The van der Waals surface area contributed by atoms with Crippen molar-refractivity contribution in [2.24, 2.45) is 11.8 Å². The van der Waals surface area contributed by atoms with E-state index in [4.69, 9.17) is 9.84 Å². The number of anilines is 1. The van der Waals surface area contributed by atoms with Gasteiger partial charge < -0.3 is 15.2 Å². The second kappa shape index (κ2) is 5.84. The average Bonchev–Trinajstić information content (AvgIpc) is 3.18. The summed E-state index contributed by atoms with van der Waals surface area (Å²) in [5, 5.41) is 11.6. The molecule has 0 spiro atoms. The van der Waals surface area contributed by atoms with Crippen molar-refractivity contribution in [3.05, 3.63) is 29.8 Å². The quantitative estimate of drug-likeness (QED) is 0.821. The molecule has 0 aliphatic heterocycles. The fourth-order valence-corrected chi connectivity index (χ4v) is 1.96. The van der Waals surface area contributed by atoms with Gasteiger partial charge in [-0.3, -0.25) is 9.59 Å². The molecule has 1 aromatic rings. The smallest absolute Gasteiger partial charge is 0.307 e. The van der Waals surface area contributed by atoms with Crippen molar-refractivity contribution in [1.82, 2.24) is 0 Å². The summed E-state index contributed by atoms with van der Waals surface area (Å²) in [5.41, 5.74) is 1.59. The Labute approximate surface area is 111 Å². The van der Waals surface area contributed by atoms with E-state index in [9.17, 15) is 9.59 Å². The van der Waals surface area contributed by atoms with E-state index in [1.165, 1.54) is 0 Å². The maximum Gasteiger partial charge on any atom is 0.307 e. The Hall–Kier alpha value is -1.88. The molecule has 0 saturated heterocycles. The zero-order valence-electron chi connectivity index (χ0n) is 10.8. The Balaban J connectivity index is 1.99. The molecule has 5 heteroatoms. The lowest BCUT2D eigenvalue weighted by Crippen LogP contribution is -2.17. The van der Waals surface area contributed by atoms with Gasteiger partial charge in [0.1, 0.15) is 0 Å². The second-order valence-corrected chi connectivity index (χ2v) is 4.57. The zero-order valence-corrected chi connectivity index (χ0v) is 10.8. The fourth-order valence-electron chi connectivity index (χ4n) is 1.96. The highest BCUT2D eigenvalue weighted by atomic mass is 16.5. The molecule has 0 bridgehead atoms. The molecule has 19 heavy (non-hydrogen) atoms. The topological polar surface area (TPSA) is 75.6 Å². The molecule has 5 nitrogen and oxygen atoms in total. The molecule has 0 heterocycles. The first-order chi connectivity index (χ1) is 9.13. The van der Waals surface area contributed by atoms with Crippen LogP contribution in [0.5, 0.6) is 0 Å². The minimum absolute atomic E-state index is 0.226. The first kappa shape index (κ1) is 13.5. The number of rotatable bonds is 6. The van der Waals surface area contributed by atoms with Crippen LogP contribution >= 0.6 is 0 Å². The summed E-state index contributed by atoms with van der Waals surface area (Å²) in [6.45, 7) is 2.94. The third kappa shape index (κ3) is 3.32. The average molecular weight is 263 g/mol. The molecule has 0 unspecified atom stereocenters. The van der Waals surface area contributed by atoms with Crippen LogP contribution in [0.15, 0.2) is 24.3 Å². The van der Waals surface area contributed by atoms with Crippen LogP contribution < -0.4 is 5.32 Å². The van der Waals surface area contributed by atoms with Gasteiger partial charge in [0.15, 0.2) is 0 Å². The third-order valence-electron chi connectivity index (χ3n) is 3.18. The second-order valence-electron chi connectivity index (χ2n) is 4.57. The molecule has 0 radical (unpaired) electrons. The normalized spacial score (nSPS) is 20.9. The zero-order chi connectivity index (χ0) is 13.8. The highest BCUT2D eigenvalue weighted by molar-refractivity contribution is 5.98. The lowest BCUT2D eigenvalue weighted by atomic mass is 10.2. The number of carbonyl (C=O) groups is 2. The molecule has 2 rings (SSSR count). The van der Waals surface area contributed by atoms with Gasteiger partial charge in [-0.15, -0.1) is 0 Å². The predicted molar refractivity (Wildman–Crippen MR) is 69.6 cm³/mol. The Morgan fingerprint density at radius 3 is 2.74 bits per heavy atom. The lowest BCUT2D eigenvalue weighted by Gasteiger charge is -2.10. The first-order valence-electron chi connectivity index (χ1n) is 6.32. The van der Waals surface area contributed by atoms with Crippen molar-refractivity contribution in [3.8, 4) is 0 Å². The molecule has 1 amide bonds. The van der Waals surface area contributed by atoms with Gasteiger partial charge in [-0.25, -0.2) is 0 Å². The highest BCUT2D eigenvalue weighted by Crippen LogP contribution is 2.39. The van der Waals surface area contributed by atoms with Gasteiger partial charge in [0.25, 0.3) is 0 Å². The third-order valence-corrected chi connectivity index (χ3v) is 3.18. The van der Waals surface area contributed by atoms with Crippen LogP contribution in [0.1, 0.15) is 18.9 Å². The highest BCUT2D eigenvalue weighted by Gasteiger charge is 2.48. The standard InChI is InChI=1S/C14H17NO4/c1-2-19-8-9-5-3-4-6-12(9)15-13(16)10-7-11(10)14(17)18/h3-6,10-11H,2,7-8H2,1H3,(H,15,16)(H,17,18)/t10-,11+/m1/s1. The van der Waals surface area contributed by atoms with Crippen LogP contribution in [0, 0.1) is 11.8 Å². The van der Waals surface area contributed by atoms with Gasteiger partial charge in [0, 0.05) is 17.9 Å². The first-order valence-corrected chi connectivity index (χ1v) is 6.32. The molecular weight excluding hydrogens is 246 g/mol. The van der Waals surface area contributed by atoms with E-state index < -0.39 is 17.8 Å². The van der Waals surface area contributed by atoms with Crippen molar-refractivity contribution in [3.63, 3.8) is 0 Å². The maximum absolute atomic E-state index is 11.9. The van der Waals surface area contributed by atoms with Gasteiger partial charge in [0.2, 0.25) is 5.91 Å². The molecular formula is C14H17NO4. The van der Waals surface area contributed by atoms with E-state index in [0.717, 1.165) is 5.56 Å². The summed E-state index contributed by atoms with van der Waals surface area (Å²) in [6.07, 6.45) is 0.425. The number of ether oxygens (including phenoxy) is 1. The minimum atomic E-state index is -0.900. The van der Waals surface area contributed by atoms with Crippen molar-refractivity contribution in [2.45, 2.75) is 20.0 Å². The number of aliphatic carboxylic acids is 1. The Morgan fingerprint density at radius 2 is 2.11 bits per heavy atom. The van der Waals surface area contributed by atoms with Crippen molar-refractivity contribution in [2.75, 3.05) is 11.9 Å². The SMILES string of the molecule is CCOCc1ccccc1NC(=O)[C@@H]1C[C@@H]1C(=O)O. The van der Waals surface area contributed by atoms with Crippen molar-refractivity contribution >= 4 is 17.6 Å². The predicted octanol–water partition coefficient (Wildman–Crippen LogP) is 1.88. The van der Waals surface area contributed by atoms with E-state index >= 15 is 0 Å². The Kier molecular flexibility index (Phi) is 4.16. The van der Waals surface area contributed by atoms with Gasteiger partial charge in [-0.1, -0.05) is 18.2 Å². The Bertz CT molecular complexity index is 486. The van der Waals surface area contributed by atoms with Crippen LogP contribution in [0.2, 0.25) is 0 Å². The van der Waals surface area contributed by atoms with Crippen LogP contribution in [-0.2, 0) is 20.9 Å². The van der Waals surface area contributed by atoms with E-state index in [1.54, 1.807) is 6.07 Å². The summed E-state index contributed by atoms with van der Waals surface area (Å²) in [7, 11) is 0. The van der Waals surface area contributed by atoms with Crippen molar-refractivity contribution in [1.29, 1.82) is 0 Å². The molecule has 2 N–H and O–H groups in total. The number of carboxylic acids is 1. The van der Waals surface area contributed by atoms with Crippen LogP contribution in [0.4, 0.5) is 5.69 Å².